The standard InChI is InChI=1S/C10H13ClF3N3S/c1-6(3-4-18-2)15-8-5-7(10(12,13)14)16-9(11)17-8/h5-6H,3-4H2,1-2H3,(H,15,16,17). The first kappa shape index (κ1) is 15.4. The summed E-state index contributed by atoms with van der Waals surface area (Å²) in [4.78, 5) is 6.89. The van der Waals surface area contributed by atoms with E-state index in [-0.39, 0.29) is 11.9 Å². The van der Waals surface area contributed by atoms with Crippen molar-refractivity contribution in [3.63, 3.8) is 0 Å². The van der Waals surface area contributed by atoms with Crippen LogP contribution in [0.25, 0.3) is 0 Å². The van der Waals surface area contributed by atoms with Gasteiger partial charge in [0.2, 0.25) is 5.28 Å². The molecule has 0 saturated carbocycles. The summed E-state index contributed by atoms with van der Waals surface area (Å²) in [5, 5.41) is 2.47. The Morgan fingerprint density at radius 3 is 2.67 bits per heavy atom. The zero-order chi connectivity index (χ0) is 13.8. The van der Waals surface area contributed by atoms with E-state index in [0.717, 1.165) is 18.2 Å². The molecule has 0 fully saturated rings. The summed E-state index contributed by atoms with van der Waals surface area (Å²) in [5.41, 5.74) is -1.04. The molecule has 0 aliphatic rings. The van der Waals surface area contributed by atoms with Crippen molar-refractivity contribution in [3.05, 3.63) is 17.0 Å². The molecular weight excluding hydrogens is 287 g/mol. The number of nitrogens with one attached hydrogen (secondary N) is 1. The number of hydrogen-bond donors (Lipinski definition) is 1. The molecule has 1 atom stereocenters. The molecule has 1 N–H and O–H groups in total. The lowest BCUT2D eigenvalue weighted by molar-refractivity contribution is -0.141. The van der Waals surface area contributed by atoms with Crippen molar-refractivity contribution >= 4 is 29.2 Å². The van der Waals surface area contributed by atoms with Gasteiger partial charge in [-0.25, -0.2) is 9.97 Å². The Balaban J connectivity index is 2.80. The summed E-state index contributed by atoms with van der Waals surface area (Å²) in [6.45, 7) is 1.87. The van der Waals surface area contributed by atoms with Crippen molar-refractivity contribution < 1.29 is 13.2 Å². The molecule has 0 amide bonds. The van der Waals surface area contributed by atoms with E-state index in [4.69, 9.17) is 11.6 Å². The van der Waals surface area contributed by atoms with E-state index < -0.39 is 17.2 Å². The fourth-order valence-electron chi connectivity index (χ4n) is 1.26. The minimum atomic E-state index is -4.52. The van der Waals surface area contributed by atoms with Crippen molar-refractivity contribution in [1.82, 2.24) is 9.97 Å². The maximum atomic E-state index is 12.5. The van der Waals surface area contributed by atoms with Crippen LogP contribution in [-0.2, 0) is 6.18 Å². The van der Waals surface area contributed by atoms with Crippen LogP contribution in [0.5, 0.6) is 0 Å². The second-order valence-electron chi connectivity index (χ2n) is 3.73. The summed E-state index contributed by atoms with van der Waals surface area (Å²) < 4.78 is 37.5. The highest BCUT2D eigenvalue weighted by Gasteiger charge is 2.33. The van der Waals surface area contributed by atoms with Crippen LogP contribution >= 0.6 is 23.4 Å². The Labute approximate surface area is 113 Å². The van der Waals surface area contributed by atoms with Gasteiger partial charge < -0.3 is 5.32 Å². The lowest BCUT2D eigenvalue weighted by Crippen LogP contribution is -2.18. The van der Waals surface area contributed by atoms with E-state index in [1.54, 1.807) is 11.8 Å². The molecule has 0 bridgehead atoms. The summed E-state index contributed by atoms with van der Waals surface area (Å²) in [5.74, 6) is 1.01. The first-order valence-electron chi connectivity index (χ1n) is 5.20. The molecule has 8 heteroatoms. The lowest BCUT2D eigenvalue weighted by atomic mass is 10.2. The molecule has 0 aliphatic carbocycles. The molecule has 1 aromatic heterocycles. The van der Waals surface area contributed by atoms with Crippen LogP contribution in [0.2, 0.25) is 5.28 Å². The molecule has 18 heavy (non-hydrogen) atoms. The third-order valence-corrected chi connectivity index (χ3v) is 2.95. The smallest absolute Gasteiger partial charge is 0.367 e. The molecule has 0 saturated heterocycles. The van der Waals surface area contributed by atoms with Crippen molar-refractivity contribution in [3.8, 4) is 0 Å². The average molecular weight is 300 g/mol. The van der Waals surface area contributed by atoms with Gasteiger partial charge in [-0.3, -0.25) is 0 Å². The van der Waals surface area contributed by atoms with Gasteiger partial charge >= 0.3 is 6.18 Å². The molecule has 1 rings (SSSR count). The highest BCUT2D eigenvalue weighted by atomic mass is 35.5. The first-order valence-corrected chi connectivity index (χ1v) is 6.97. The third kappa shape index (κ3) is 4.89. The van der Waals surface area contributed by atoms with Crippen LogP contribution in [0.4, 0.5) is 19.0 Å². The molecule has 0 radical (unpaired) electrons. The van der Waals surface area contributed by atoms with E-state index in [1.807, 2.05) is 13.2 Å². The van der Waals surface area contributed by atoms with E-state index in [1.165, 1.54) is 0 Å². The van der Waals surface area contributed by atoms with Gasteiger partial charge in [-0.2, -0.15) is 24.9 Å². The van der Waals surface area contributed by atoms with E-state index >= 15 is 0 Å². The molecule has 0 aromatic carbocycles. The van der Waals surface area contributed by atoms with Crippen molar-refractivity contribution in [2.75, 3.05) is 17.3 Å². The monoisotopic (exact) mass is 299 g/mol. The van der Waals surface area contributed by atoms with Crippen LogP contribution < -0.4 is 5.32 Å². The third-order valence-electron chi connectivity index (χ3n) is 2.14. The number of nitrogens with zero attached hydrogens (tertiary/aromatic N) is 2. The van der Waals surface area contributed by atoms with Gasteiger partial charge in [0.1, 0.15) is 5.82 Å². The number of anilines is 1. The SMILES string of the molecule is CSCCC(C)Nc1cc(C(F)(F)F)nc(Cl)n1. The van der Waals surface area contributed by atoms with E-state index in [9.17, 15) is 13.2 Å². The van der Waals surface area contributed by atoms with Gasteiger partial charge in [-0.1, -0.05) is 0 Å². The second-order valence-corrected chi connectivity index (χ2v) is 5.06. The Morgan fingerprint density at radius 1 is 1.44 bits per heavy atom. The van der Waals surface area contributed by atoms with Gasteiger partial charge in [0.25, 0.3) is 0 Å². The molecular formula is C10H13ClF3N3S. The van der Waals surface area contributed by atoms with Gasteiger partial charge in [-0.05, 0) is 37.0 Å². The number of aromatic nitrogens is 2. The molecule has 1 aromatic rings. The predicted octanol–water partition coefficient (Wildman–Crippen LogP) is 3.70. The summed E-state index contributed by atoms with van der Waals surface area (Å²) in [6.07, 6.45) is -1.73. The van der Waals surface area contributed by atoms with Gasteiger partial charge in [0.05, 0.1) is 0 Å². The van der Waals surface area contributed by atoms with Crippen LogP contribution in [0.1, 0.15) is 19.0 Å². The van der Waals surface area contributed by atoms with E-state index in [0.29, 0.717) is 0 Å². The highest BCUT2D eigenvalue weighted by molar-refractivity contribution is 7.98. The summed E-state index contributed by atoms with van der Waals surface area (Å²) >= 11 is 7.15. The molecule has 1 unspecified atom stereocenters. The predicted molar refractivity (Wildman–Crippen MR) is 68.1 cm³/mol. The Kier molecular flexibility index (Phi) is 5.52. The topological polar surface area (TPSA) is 37.8 Å². The highest BCUT2D eigenvalue weighted by Crippen LogP contribution is 2.29. The molecule has 3 nitrogen and oxygen atoms in total. The fraction of sp³-hybridized carbons (Fsp3) is 0.600. The number of halogens is 4. The zero-order valence-corrected chi connectivity index (χ0v) is 11.5. The maximum Gasteiger partial charge on any atom is 0.433 e. The van der Waals surface area contributed by atoms with Gasteiger partial charge in [-0.15, -0.1) is 0 Å². The molecule has 0 aliphatic heterocycles. The number of thioether (sulfide) groups is 1. The van der Waals surface area contributed by atoms with Crippen LogP contribution in [0.15, 0.2) is 6.07 Å². The van der Waals surface area contributed by atoms with Crippen molar-refractivity contribution in [1.29, 1.82) is 0 Å². The summed E-state index contributed by atoms with van der Waals surface area (Å²) in [7, 11) is 0. The minimum Gasteiger partial charge on any atom is -0.367 e. The van der Waals surface area contributed by atoms with Gasteiger partial charge in [0.15, 0.2) is 5.69 Å². The average Bonchev–Trinajstić information content (AvgIpc) is 2.24. The maximum absolute atomic E-state index is 12.5. The van der Waals surface area contributed by atoms with Crippen molar-refractivity contribution in [2.24, 2.45) is 0 Å². The van der Waals surface area contributed by atoms with Crippen LogP contribution in [0.3, 0.4) is 0 Å². The quantitative estimate of drug-likeness (QED) is 0.841. The van der Waals surface area contributed by atoms with Gasteiger partial charge in [0, 0.05) is 12.1 Å². The summed E-state index contributed by atoms with van der Waals surface area (Å²) in [6, 6.07) is 0.881. The Morgan fingerprint density at radius 2 is 2.11 bits per heavy atom. The Hall–Kier alpha value is -0.690. The molecule has 102 valence electrons. The number of alkyl halides is 3. The second kappa shape index (κ2) is 6.47. The largest absolute Gasteiger partial charge is 0.433 e. The lowest BCUT2D eigenvalue weighted by Gasteiger charge is -2.15. The fourth-order valence-corrected chi connectivity index (χ4v) is 2.03. The van der Waals surface area contributed by atoms with Crippen molar-refractivity contribution in [2.45, 2.75) is 25.6 Å². The molecule has 0 spiro atoms. The number of hydrogen-bond acceptors (Lipinski definition) is 4. The normalized spacial score (nSPS) is 13.4. The van der Waals surface area contributed by atoms with Crippen LogP contribution in [0, 0.1) is 0 Å². The first-order chi connectivity index (χ1) is 8.32. The van der Waals surface area contributed by atoms with Crippen LogP contribution in [-0.4, -0.2) is 28.0 Å². The minimum absolute atomic E-state index is 0.0181. The van der Waals surface area contributed by atoms with E-state index in [2.05, 4.69) is 15.3 Å². The Bertz CT molecular complexity index is 400. The molecule has 1 heterocycles. The number of rotatable bonds is 5. The zero-order valence-electron chi connectivity index (χ0n) is 9.88.